The summed E-state index contributed by atoms with van der Waals surface area (Å²) in [5.41, 5.74) is 9.72. The molecule has 0 aliphatic rings. The number of hydrogen-bond donors (Lipinski definition) is 0. The van der Waals surface area contributed by atoms with Gasteiger partial charge >= 0.3 is 0 Å². The van der Waals surface area contributed by atoms with Gasteiger partial charge in [-0.2, -0.15) is 10.5 Å². The Balaban J connectivity index is 1.35. The van der Waals surface area contributed by atoms with E-state index in [9.17, 15) is 10.5 Å². The Morgan fingerprint density at radius 2 is 0.857 bits per heavy atom. The number of benzene rings is 6. The molecule has 6 aromatic carbocycles. The lowest BCUT2D eigenvalue weighted by Gasteiger charge is -2.25. The first-order chi connectivity index (χ1) is 20.4. The van der Waals surface area contributed by atoms with Crippen molar-refractivity contribution in [1.82, 2.24) is 0 Å². The van der Waals surface area contributed by atoms with E-state index in [0.717, 1.165) is 55.3 Å². The first-order valence-corrected chi connectivity index (χ1v) is 14.0. The van der Waals surface area contributed by atoms with E-state index in [4.69, 9.17) is 0 Å². The van der Waals surface area contributed by atoms with Gasteiger partial charge in [0.2, 0.25) is 0 Å². The molecule has 0 atom stereocenters. The second-order valence-electron chi connectivity index (χ2n) is 10.8. The molecule has 0 amide bonds. The summed E-state index contributed by atoms with van der Waals surface area (Å²) in [5, 5.41) is 23.5. The molecule has 6 rings (SSSR count). The Labute approximate surface area is 246 Å². The van der Waals surface area contributed by atoms with E-state index in [-0.39, 0.29) is 0 Å². The molecular weight excluding hydrogens is 510 g/mol. The third-order valence-electron chi connectivity index (χ3n) is 7.73. The van der Waals surface area contributed by atoms with Gasteiger partial charge in [0, 0.05) is 27.8 Å². The molecule has 0 heterocycles. The van der Waals surface area contributed by atoms with Crippen LogP contribution in [-0.2, 0) is 0 Å². The van der Waals surface area contributed by atoms with Crippen molar-refractivity contribution in [2.45, 2.75) is 20.8 Å². The maximum Gasteiger partial charge on any atom is 0.101 e. The molecular formula is C39H29N3. The summed E-state index contributed by atoms with van der Waals surface area (Å²) >= 11 is 0. The van der Waals surface area contributed by atoms with Crippen molar-refractivity contribution in [3.63, 3.8) is 0 Å². The van der Waals surface area contributed by atoms with Crippen molar-refractivity contribution in [2.24, 2.45) is 0 Å². The Hall–Kier alpha value is -5.64. The first kappa shape index (κ1) is 26.6. The van der Waals surface area contributed by atoms with Crippen LogP contribution >= 0.6 is 0 Å². The van der Waals surface area contributed by atoms with Crippen molar-refractivity contribution in [3.8, 4) is 12.1 Å². The lowest BCUT2D eigenvalue weighted by atomic mass is 9.91. The van der Waals surface area contributed by atoms with Gasteiger partial charge in [-0.25, -0.2) is 0 Å². The van der Waals surface area contributed by atoms with Crippen LogP contribution in [0.2, 0.25) is 0 Å². The molecule has 3 nitrogen and oxygen atoms in total. The summed E-state index contributed by atoms with van der Waals surface area (Å²) in [5.74, 6) is 0. The van der Waals surface area contributed by atoms with Crippen molar-refractivity contribution in [3.05, 3.63) is 148 Å². The van der Waals surface area contributed by atoms with Crippen LogP contribution in [0.15, 0.2) is 109 Å². The normalized spacial score (nSPS) is 11.1. The average molecular weight is 540 g/mol. The molecule has 0 saturated carbocycles. The average Bonchev–Trinajstić information content (AvgIpc) is 3.01. The third kappa shape index (κ3) is 5.01. The first-order valence-electron chi connectivity index (χ1n) is 14.0. The Morgan fingerprint density at radius 1 is 0.452 bits per heavy atom. The van der Waals surface area contributed by atoms with Crippen molar-refractivity contribution in [2.75, 3.05) is 4.90 Å². The summed E-state index contributed by atoms with van der Waals surface area (Å²) in [4.78, 5) is 2.26. The minimum atomic E-state index is 0.428. The summed E-state index contributed by atoms with van der Waals surface area (Å²) in [6.07, 6.45) is 4.13. The van der Waals surface area contributed by atoms with Crippen molar-refractivity contribution < 1.29 is 0 Å². The number of anilines is 3. The Kier molecular flexibility index (Phi) is 7.02. The van der Waals surface area contributed by atoms with E-state index >= 15 is 0 Å². The molecule has 0 radical (unpaired) electrons. The topological polar surface area (TPSA) is 50.8 Å². The van der Waals surface area contributed by atoms with Gasteiger partial charge in [0.15, 0.2) is 0 Å². The number of aryl methyl sites for hydroxylation is 3. The quantitative estimate of drug-likeness (QED) is 0.162. The van der Waals surface area contributed by atoms with Crippen LogP contribution < -0.4 is 4.90 Å². The molecule has 0 N–H and O–H groups in total. The fourth-order valence-corrected chi connectivity index (χ4v) is 5.47. The zero-order chi connectivity index (χ0) is 29.2. The summed E-state index contributed by atoms with van der Waals surface area (Å²) in [6, 6.07) is 42.5. The fourth-order valence-electron chi connectivity index (χ4n) is 5.47. The van der Waals surface area contributed by atoms with E-state index in [2.05, 4.69) is 128 Å². The molecule has 0 bridgehead atoms. The molecule has 0 spiro atoms. The molecule has 0 aromatic heterocycles. The molecule has 0 saturated heterocycles. The predicted molar refractivity (Wildman–Crippen MR) is 175 cm³/mol. The molecule has 0 aliphatic heterocycles. The molecule has 42 heavy (non-hydrogen) atoms. The largest absolute Gasteiger partial charge is 0.311 e. The predicted octanol–water partition coefficient (Wildman–Crippen LogP) is 10.3. The van der Waals surface area contributed by atoms with E-state index in [1.807, 2.05) is 31.2 Å². The summed E-state index contributed by atoms with van der Waals surface area (Å²) in [6.45, 7) is 6.20. The van der Waals surface area contributed by atoms with Gasteiger partial charge in [0.05, 0.1) is 11.1 Å². The monoisotopic (exact) mass is 539 g/mol. The van der Waals surface area contributed by atoms with Crippen LogP contribution in [-0.4, -0.2) is 0 Å². The van der Waals surface area contributed by atoms with Gasteiger partial charge in [0.1, 0.15) is 12.1 Å². The Morgan fingerprint density at radius 3 is 1.38 bits per heavy atom. The molecule has 0 fully saturated rings. The van der Waals surface area contributed by atoms with Gasteiger partial charge in [-0.3, -0.25) is 0 Å². The van der Waals surface area contributed by atoms with E-state index < -0.39 is 0 Å². The third-order valence-corrected chi connectivity index (χ3v) is 7.73. The zero-order valence-electron chi connectivity index (χ0n) is 23.9. The fraction of sp³-hybridized carbons (Fsp3) is 0.0769. The molecule has 200 valence electrons. The highest BCUT2D eigenvalue weighted by Crippen LogP contribution is 2.36. The Bertz CT molecular complexity index is 2010. The van der Waals surface area contributed by atoms with Crippen LogP contribution in [0.25, 0.3) is 33.7 Å². The maximum absolute atomic E-state index is 10.0. The van der Waals surface area contributed by atoms with E-state index in [1.165, 1.54) is 11.1 Å². The number of rotatable bonds is 5. The standard InChI is InChI=1S/C39H29N3/c1-26-4-14-31(15-5-26)42(32-16-6-27(2)7-17-32)33-18-11-29(12-19-33)9-10-30-13-21-35-34-20-8-28(3)22-36(34)38(24-40)39(25-41)37(35)23-30/h4-23H,1-3H3. The summed E-state index contributed by atoms with van der Waals surface area (Å²) in [7, 11) is 0. The second kappa shape index (κ2) is 11.1. The van der Waals surface area contributed by atoms with Gasteiger partial charge in [-0.05, 0) is 85.1 Å². The highest BCUT2D eigenvalue weighted by Gasteiger charge is 2.15. The van der Waals surface area contributed by atoms with E-state index in [0.29, 0.717) is 11.1 Å². The highest BCUT2D eigenvalue weighted by molar-refractivity contribution is 6.13. The SMILES string of the molecule is Cc1ccc(N(c2ccc(C)cc2)c2ccc(C=Cc3ccc4c(c3)c(C#N)c(C#N)c3cc(C)ccc34)cc2)cc1. The van der Waals surface area contributed by atoms with Crippen LogP contribution in [0, 0.1) is 43.4 Å². The molecule has 3 heteroatoms. The van der Waals surface area contributed by atoms with Crippen LogP contribution in [0.1, 0.15) is 38.9 Å². The van der Waals surface area contributed by atoms with Gasteiger partial charge < -0.3 is 4.90 Å². The van der Waals surface area contributed by atoms with Crippen molar-refractivity contribution in [1.29, 1.82) is 10.5 Å². The maximum atomic E-state index is 10.0. The van der Waals surface area contributed by atoms with Crippen LogP contribution in [0.5, 0.6) is 0 Å². The van der Waals surface area contributed by atoms with Crippen LogP contribution in [0.3, 0.4) is 0 Å². The molecule has 6 aromatic rings. The van der Waals surface area contributed by atoms with Gasteiger partial charge in [-0.1, -0.05) is 95.6 Å². The lowest BCUT2D eigenvalue weighted by Crippen LogP contribution is -2.09. The minimum Gasteiger partial charge on any atom is -0.311 e. The number of nitriles is 2. The van der Waals surface area contributed by atoms with Crippen molar-refractivity contribution >= 4 is 50.8 Å². The van der Waals surface area contributed by atoms with Gasteiger partial charge in [0.25, 0.3) is 0 Å². The minimum absolute atomic E-state index is 0.428. The molecule has 0 aliphatic carbocycles. The molecule has 0 unspecified atom stereocenters. The zero-order valence-corrected chi connectivity index (χ0v) is 23.9. The van der Waals surface area contributed by atoms with Gasteiger partial charge in [-0.15, -0.1) is 0 Å². The number of nitrogens with zero attached hydrogens (tertiary/aromatic N) is 3. The summed E-state index contributed by atoms with van der Waals surface area (Å²) < 4.78 is 0. The highest BCUT2D eigenvalue weighted by atomic mass is 15.1. The lowest BCUT2D eigenvalue weighted by molar-refractivity contribution is 1.27. The van der Waals surface area contributed by atoms with Crippen LogP contribution in [0.4, 0.5) is 17.1 Å². The van der Waals surface area contributed by atoms with E-state index in [1.54, 1.807) is 0 Å². The number of fused-ring (bicyclic) bond motifs is 3. The second-order valence-corrected chi connectivity index (χ2v) is 10.8. The number of hydrogen-bond acceptors (Lipinski definition) is 3. The smallest absolute Gasteiger partial charge is 0.101 e.